The van der Waals surface area contributed by atoms with Crippen molar-refractivity contribution in [2.45, 2.75) is 25.8 Å². The van der Waals surface area contributed by atoms with Crippen molar-refractivity contribution in [3.05, 3.63) is 24.3 Å². The number of benzene rings is 1. The average Bonchev–Trinajstić information content (AvgIpc) is 2.53. The van der Waals surface area contributed by atoms with Gasteiger partial charge in [-0.3, -0.25) is 9.59 Å². The van der Waals surface area contributed by atoms with Crippen LogP contribution < -0.4 is 20.7 Å². The molecule has 1 saturated heterocycles. The van der Waals surface area contributed by atoms with E-state index in [1.165, 1.54) is 0 Å². The van der Waals surface area contributed by atoms with Crippen LogP contribution in [0.25, 0.3) is 0 Å². The third kappa shape index (κ3) is 6.08. The van der Waals surface area contributed by atoms with Gasteiger partial charge in [-0.1, -0.05) is 0 Å². The summed E-state index contributed by atoms with van der Waals surface area (Å²) < 4.78 is 5.32. The summed E-state index contributed by atoms with van der Waals surface area (Å²) in [5.41, 5.74) is 0.739. The van der Waals surface area contributed by atoms with E-state index in [0.717, 1.165) is 25.1 Å². The summed E-state index contributed by atoms with van der Waals surface area (Å²) in [4.78, 5) is 23.3. The molecule has 128 valence electrons. The van der Waals surface area contributed by atoms with Gasteiger partial charge in [0.1, 0.15) is 5.75 Å². The summed E-state index contributed by atoms with van der Waals surface area (Å²) in [6.45, 7) is 2.96. The molecule has 1 aromatic carbocycles. The van der Waals surface area contributed by atoms with E-state index in [1.807, 2.05) is 0 Å². The van der Waals surface area contributed by atoms with Crippen molar-refractivity contribution in [3.63, 3.8) is 0 Å². The quantitative estimate of drug-likeness (QED) is 0.759. The number of hydrogen-bond donors (Lipinski definition) is 3. The van der Waals surface area contributed by atoms with Crippen LogP contribution in [-0.4, -0.2) is 38.1 Å². The van der Waals surface area contributed by atoms with Crippen LogP contribution in [-0.2, 0) is 9.59 Å². The van der Waals surface area contributed by atoms with Gasteiger partial charge in [-0.05, 0) is 50.6 Å². The fourth-order valence-corrected chi connectivity index (χ4v) is 2.47. The zero-order valence-electron chi connectivity index (χ0n) is 13.4. The van der Waals surface area contributed by atoms with Gasteiger partial charge in [0.05, 0.1) is 0 Å². The van der Waals surface area contributed by atoms with Crippen LogP contribution in [0.3, 0.4) is 0 Å². The molecule has 1 heterocycles. The fourth-order valence-electron chi connectivity index (χ4n) is 2.47. The molecule has 1 aliphatic heterocycles. The molecule has 0 aliphatic carbocycles. The first-order valence-electron chi connectivity index (χ1n) is 7.56. The number of carbonyl (C=O) groups excluding carboxylic acids is 2. The Morgan fingerprint density at radius 3 is 2.61 bits per heavy atom. The van der Waals surface area contributed by atoms with Crippen LogP contribution in [0.2, 0.25) is 0 Å². The topological polar surface area (TPSA) is 79.5 Å². The Kier molecular flexibility index (Phi) is 7.85. The molecule has 2 amide bonds. The van der Waals surface area contributed by atoms with E-state index in [-0.39, 0.29) is 36.7 Å². The molecule has 0 unspecified atom stereocenters. The van der Waals surface area contributed by atoms with E-state index in [9.17, 15) is 9.59 Å². The van der Waals surface area contributed by atoms with Crippen molar-refractivity contribution in [3.8, 4) is 5.75 Å². The normalized spacial score (nSPS) is 20.1. The minimum absolute atomic E-state index is 0. The standard InChI is InChI=1S/C16H23N3O3.ClH/c1-11-9-12(7-8-18-11)16(21)19-13-3-5-14(6-4-13)22-10-15(20)17-2;/h3-6,11-12,18H,7-10H2,1-2H3,(H,17,20)(H,19,21);1H/t11-,12-;/m0./s1. The smallest absolute Gasteiger partial charge is 0.257 e. The molecular weight excluding hydrogens is 318 g/mol. The van der Waals surface area contributed by atoms with Gasteiger partial charge in [-0.2, -0.15) is 0 Å². The SMILES string of the molecule is CNC(=O)COc1ccc(NC(=O)[C@H]2CCN[C@@H](C)C2)cc1.Cl. The highest BCUT2D eigenvalue weighted by atomic mass is 35.5. The minimum Gasteiger partial charge on any atom is -0.484 e. The van der Waals surface area contributed by atoms with Crippen molar-refractivity contribution in [1.82, 2.24) is 10.6 Å². The number of rotatable bonds is 5. The van der Waals surface area contributed by atoms with Crippen molar-refractivity contribution in [2.75, 3.05) is 25.5 Å². The molecular formula is C16H24ClN3O3. The lowest BCUT2D eigenvalue weighted by Gasteiger charge is -2.27. The number of amides is 2. The highest BCUT2D eigenvalue weighted by Crippen LogP contribution is 2.20. The lowest BCUT2D eigenvalue weighted by molar-refractivity contribution is -0.122. The van der Waals surface area contributed by atoms with Crippen LogP contribution >= 0.6 is 12.4 Å². The first kappa shape index (κ1) is 19.3. The molecule has 23 heavy (non-hydrogen) atoms. The Morgan fingerprint density at radius 2 is 2.00 bits per heavy atom. The van der Waals surface area contributed by atoms with Crippen molar-refractivity contribution < 1.29 is 14.3 Å². The lowest BCUT2D eigenvalue weighted by Crippen LogP contribution is -2.40. The summed E-state index contributed by atoms with van der Waals surface area (Å²) in [7, 11) is 1.56. The molecule has 1 aliphatic rings. The van der Waals surface area contributed by atoms with Crippen molar-refractivity contribution in [1.29, 1.82) is 0 Å². The van der Waals surface area contributed by atoms with Crippen molar-refractivity contribution in [2.24, 2.45) is 5.92 Å². The Bertz CT molecular complexity index is 522. The third-order valence-corrected chi connectivity index (χ3v) is 3.77. The molecule has 0 spiro atoms. The van der Waals surface area contributed by atoms with Gasteiger partial charge in [0.25, 0.3) is 5.91 Å². The van der Waals surface area contributed by atoms with Crippen LogP contribution in [0.5, 0.6) is 5.75 Å². The first-order chi connectivity index (χ1) is 10.6. The van der Waals surface area contributed by atoms with Gasteiger partial charge in [-0.15, -0.1) is 12.4 Å². The minimum atomic E-state index is -0.183. The Morgan fingerprint density at radius 1 is 1.30 bits per heavy atom. The Balaban J connectivity index is 0.00000264. The zero-order chi connectivity index (χ0) is 15.9. The van der Waals surface area contributed by atoms with Gasteiger partial charge in [0.2, 0.25) is 5.91 Å². The molecule has 0 saturated carbocycles. The van der Waals surface area contributed by atoms with Crippen LogP contribution in [0.15, 0.2) is 24.3 Å². The van der Waals surface area contributed by atoms with Gasteiger partial charge in [-0.25, -0.2) is 0 Å². The third-order valence-electron chi connectivity index (χ3n) is 3.77. The van der Waals surface area contributed by atoms with Gasteiger partial charge in [0.15, 0.2) is 6.61 Å². The molecule has 0 bridgehead atoms. The number of carbonyl (C=O) groups is 2. The average molecular weight is 342 g/mol. The molecule has 1 aromatic rings. The predicted octanol–water partition coefficient (Wildman–Crippen LogP) is 1.56. The number of ether oxygens (including phenoxy) is 1. The monoisotopic (exact) mass is 341 g/mol. The molecule has 0 aromatic heterocycles. The Hall–Kier alpha value is -1.79. The molecule has 3 N–H and O–H groups in total. The number of hydrogen-bond acceptors (Lipinski definition) is 4. The van der Waals surface area contributed by atoms with E-state index in [1.54, 1.807) is 31.3 Å². The highest BCUT2D eigenvalue weighted by molar-refractivity contribution is 5.92. The molecule has 7 heteroatoms. The number of piperidine rings is 1. The summed E-state index contributed by atoms with van der Waals surface area (Å²) >= 11 is 0. The molecule has 2 atom stereocenters. The molecule has 2 rings (SSSR count). The van der Waals surface area contributed by atoms with Gasteiger partial charge < -0.3 is 20.7 Å². The molecule has 0 radical (unpaired) electrons. The maximum atomic E-state index is 12.2. The van der Waals surface area contributed by atoms with Gasteiger partial charge >= 0.3 is 0 Å². The highest BCUT2D eigenvalue weighted by Gasteiger charge is 2.24. The van der Waals surface area contributed by atoms with E-state index >= 15 is 0 Å². The second-order valence-electron chi connectivity index (χ2n) is 5.55. The van der Waals surface area contributed by atoms with Crippen LogP contribution in [0, 0.1) is 5.92 Å². The van der Waals surface area contributed by atoms with E-state index in [4.69, 9.17) is 4.74 Å². The maximum absolute atomic E-state index is 12.2. The fraction of sp³-hybridized carbons (Fsp3) is 0.500. The number of anilines is 1. The van der Waals surface area contributed by atoms with Crippen LogP contribution in [0.1, 0.15) is 19.8 Å². The second kappa shape index (κ2) is 9.37. The van der Waals surface area contributed by atoms with E-state index in [0.29, 0.717) is 11.8 Å². The summed E-state index contributed by atoms with van der Waals surface area (Å²) in [6.07, 6.45) is 1.72. The predicted molar refractivity (Wildman–Crippen MR) is 92.1 cm³/mol. The molecule has 1 fully saturated rings. The van der Waals surface area contributed by atoms with Gasteiger partial charge in [0, 0.05) is 24.7 Å². The van der Waals surface area contributed by atoms with E-state index < -0.39 is 0 Å². The van der Waals surface area contributed by atoms with Crippen molar-refractivity contribution >= 4 is 29.9 Å². The van der Waals surface area contributed by atoms with E-state index in [2.05, 4.69) is 22.9 Å². The number of nitrogens with one attached hydrogen (secondary N) is 3. The zero-order valence-corrected chi connectivity index (χ0v) is 14.2. The number of halogens is 1. The lowest BCUT2D eigenvalue weighted by atomic mass is 9.92. The first-order valence-corrected chi connectivity index (χ1v) is 7.56. The maximum Gasteiger partial charge on any atom is 0.257 e. The summed E-state index contributed by atoms with van der Waals surface area (Å²) in [5.74, 6) is 0.530. The second-order valence-corrected chi connectivity index (χ2v) is 5.55. The summed E-state index contributed by atoms with van der Waals surface area (Å²) in [6, 6.07) is 7.42. The number of likely N-dealkylation sites (N-methyl/N-ethyl adjacent to an activating group) is 1. The largest absolute Gasteiger partial charge is 0.484 e. The Labute approximate surface area is 142 Å². The summed E-state index contributed by atoms with van der Waals surface area (Å²) in [5, 5.41) is 8.76. The molecule has 6 nitrogen and oxygen atoms in total. The van der Waals surface area contributed by atoms with Crippen LogP contribution in [0.4, 0.5) is 5.69 Å².